The molecule has 2 aromatic heterocycles. The van der Waals surface area contributed by atoms with E-state index in [2.05, 4.69) is 20.4 Å². The number of rotatable bonds is 3. The minimum absolute atomic E-state index is 0.104. The lowest BCUT2D eigenvalue weighted by Crippen LogP contribution is -2.04. The number of aromatic nitrogens is 3. The van der Waals surface area contributed by atoms with Gasteiger partial charge in [0.15, 0.2) is 17.5 Å². The SMILES string of the molecule is Cc1nc(CNc2ncc(Cl)cc2F)no1. The van der Waals surface area contributed by atoms with Crippen LogP contribution >= 0.6 is 11.6 Å². The van der Waals surface area contributed by atoms with E-state index >= 15 is 0 Å². The van der Waals surface area contributed by atoms with Gasteiger partial charge in [0.2, 0.25) is 5.89 Å². The van der Waals surface area contributed by atoms with Gasteiger partial charge < -0.3 is 9.84 Å². The van der Waals surface area contributed by atoms with Gasteiger partial charge in [0.05, 0.1) is 11.6 Å². The van der Waals surface area contributed by atoms with Gasteiger partial charge in [0.1, 0.15) is 0 Å². The van der Waals surface area contributed by atoms with Crippen LogP contribution in [0.5, 0.6) is 0 Å². The minimum Gasteiger partial charge on any atom is -0.360 e. The summed E-state index contributed by atoms with van der Waals surface area (Å²) in [6.45, 7) is 1.92. The fourth-order valence-corrected chi connectivity index (χ4v) is 1.27. The quantitative estimate of drug-likeness (QED) is 0.894. The lowest BCUT2D eigenvalue weighted by molar-refractivity contribution is 0.388. The Labute approximate surface area is 95.6 Å². The second kappa shape index (κ2) is 4.44. The van der Waals surface area contributed by atoms with Crippen LogP contribution in [0, 0.1) is 12.7 Å². The molecule has 7 heteroatoms. The van der Waals surface area contributed by atoms with Crippen molar-refractivity contribution in [1.29, 1.82) is 0 Å². The van der Waals surface area contributed by atoms with E-state index in [0.29, 0.717) is 11.7 Å². The van der Waals surface area contributed by atoms with Crippen LogP contribution in [0.3, 0.4) is 0 Å². The van der Waals surface area contributed by atoms with Crippen LogP contribution < -0.4 is 5.32 Å². The molecule has 0 saturated heterocycles. The molecule has 84 valence electrons. The van der Waals surface area contributed by atoms with Crippen LogP contribution in [0.15, 0.2) is 16.8 Å². The number of nitrogens with zero attached hydrogens (tertiary/aromatic N) is 3. The van der Waals surface area contributed by atoms with Crippen molar-refractivity contribution in [1.82, 2.24) is 15.1 Å². The normalized spacial score (nSPS) is 10.4. The van der Waals surface area contributed by atoms with Crippen molar-refractivity contribution < 1.29 is 8.91 Å². The summed E-state index contributed by atoms with van der Waals surface area (Å²) in [5.41, 5.74) is 0. The first kappa shape index (κ1) is 10.8. The Bertz CT molecular complexity index is 502. The second-order valence-corrected chi connectivity index (χ2v) is 3.50. The van der Waals surface area contributed by atoms with Crippen LogP contribution in [0.4, 0.5) is 10.2 Å². The van der Waals surface area contributed by atoms with Crippen molar-refractivity contribution in [2.24, 2.45) is 0 Å². The van der Waals surface area contributed by atoms with Crippen molar-refractivity contribution in [2.45, 2.75) is 13.5 Å². The lowest BCUT2D eigenvalue weighted by atomic mass is 10.4. The van der Waals surface area contributed by atoms with Crippen molar-refractivity contribution in [3.8, 4) is 0 Å². The van der Waals surface area contributed by atoms with E-state index in [4.69, 9.17) is 16.1 Å². The summed E-state index contributed by atoms with van der Waals surface area (Å²) in [6.07, 6.45) is 1.36. The predicted octanol–water partition coefficient (Wildman–Crippen LogP) is 2.18. The molecule has 0 aliphatic carbocycles. The Morgan fingerprint density at radius 2 is 2.38 bits per heavy atom. The highest BCUT2D eigenvalue weighted by molar-refractivity contribution is 6.30. The first-order valence-corrected chi connectivity index (χ1v) is 4.87. The molecule has 0 spiro atoms. The summed E-state index contributed by atoms with van der Waals surface area (Å²) in [7, 11) is 0. The average Bonchev–Trinajstić information content (AvgIpc) is 2.63. The molecular formula is C9H8ClFN4O. The van der Waals surface area contributed by atoms with E-state index < -0.39 is 5.82 Å². The van der Waals surface area contributed by atoms with Crippen molar-refractivity contribution in [3.63, 3.8) is 0 Å². The molecule has 0 radical (unpaired) electrons. The Kier molecular flexibility index (Phi) is 3.00. The zero-order valence-electron chi connectivity index (χ0n) is 8.37. The highest BCUT2D eigenvalue weighted by Crippen LogP contribution is 2.15. The molecular weight excluding hydrogens is 235 g/mol. The van der Waals surface area contributed by atoms with Crippen LogP contribution in [0.2, 0.25) is 5.02 Å². The maximum Gasteiger partial charge on any atom is 0.223 e. The standard InChI is InChI=1S/C9H8ClFN4O/c1-5-14-8(15-16-5)4-13-9-7(11)2-6(10)3-12-9/h2-3H,4H2,1H3,(H,12,13). The van der Waals surface area contributed by atoms with Gasteiger partial charge >= 0.3 is 0 Å². The smallest absolute Gasteiger partial charge is 0.223 e. The topological polar surface area (TPSA) is 63.8 Å². The number of halogens is 2. The van der Waals surface area contributed by atoms with Crippen LogP contribution in [-0.4, -0.2) is 15.1 Å². The molecule has 0 atom stereocenters. The second-order valence-electron chi connectivity index (χ2n) is 3.07. The van der Waals surface area contributed by atoms with E-state index in [0.717, 1.165) is 0 Å². The van der Waals surface area contributed by atoms with Crippen molar-refractivity contribution in [3.05, 3.63) is 34.8 Å². The third kappa shape index (κ3) is 2.46. The van der Waals surface area contributed by atoms with Crippen molar-refractivity contribution >= 4 is 17.4 Å². The van der Waals surface area contributed by atoms with Gasteiger partial charge in [-0.25, -0.2) is 9.37 Å². The van der Waals surface area contributed by atoms with Gasteiger partial charge in [-0.05, 0) is 6.07 Å². The summed E-state index contributed by atoms with van der Waals surface area (Å²) in [6, 6.07) is 1.18. The summed E-state index contributed by atoms with van der Waals surface area (Å²) < 4.78 is 18.1. The summed E-state index contributed by atoms with van der Waals surface area (Å²) in [5.74, 6) is 0.481. The van der Waals surface area contributed by atoms with Crippen LogP contribution in [0.25, 0.3) is 0 Å². The summed E-state index contributed by atoms with van der Waals surface area (Å²) in [4.78, 5) is 7.75. The number of pyridine rings is 1. The Hall–Kier alpha value is -1.69. The number of hydrogen-bond acceptors (Lipinski definition) is 5. The Balaban J connectivity index is 2.04. The maximum absolute atomic E-state index is 13.3. The number of hydrogen-bond donors (Lipinski definition) is 1. The average molecular weight is 243 g/mol. The maximum atomic E-state index is 13.3. The molecule has 0 aliphatic heterocycles. The molecule has 0 unspecified atom stereocenters. The molecule has 0 aromatic carbocycles. The van der Waals surface area contributed by atoms with Crippen LogP contribution in [0.1, 0.15) is 11.7 Å². The highest BCUT2D eigenvalue weighted by Gasteiger charge is 2.06. The van der Waals surface area contributed by atoms with Gasteiger partial charge in [0.25, 0.3) is 0 Å². The summed E-state index contributed by atoms with van der Waals surface area (Å²) >= 11 is 5.57. The lowest BCUT2D eigenvalue weighted by Gasteiger charge is -2.03. The Morgan fingerprint density at radius 1 is 1.56 bits per heavy atom. The first-order valence-electron chi connectivity index (χ1n) is 4.49. The number of anilines is 1. The van der Waals surface area contributed by atoms with E-state index in [1.54, 1.807) is 6.92 Å². The molecule has 0 saturated carbocycles. The molecule has 0 amide bonds. The molecule has 2 aromatic rings. The fourth-order valence-electron chi connectivity index (χ4n) is 1.12. The third-order valence-corrected chi connectivity index (χ3v) is 2.00. The molecule has 2 rings (SSSR count). The number of aryl methyl sites for hydroxylation is 1. The third-order valence-electron chi connectivity index (χ3n) is 1.79. The van der Waals surface area contributed by atoms with Crippen molar-refractivity contribution in [2.75, 3.05) is 5.32 Å². The monoisotopic (exact) mass is 242 g/mol. The van der Waals surface area contributed by atoms with E-state index in [9.17, 15) is 4.39 Å². The fraction of sp³-hybridized carbons (Fsp3) is 0.222. The molecule has 0 aliphatic rings. The predicted molar refractivity (Wildman–Crippen MR) is 55.6 cm³/mol. The largest absolute Gasteiger partial charge is 0.360 e. The van der Waals surface area contributed by atoms with Gasteiger partial charge in [-0.2, -0.15) is 4.98 Å². The van der Waals surface area contributed by atoms with E-state index in [1.165, 1.54) is 12.3 Å². The zero-order valence-corrected chi connectivity index (χ0v) is 9.12. The molecule has 0 fully saturated rings. The minimum atomic E-state index is -0.521. The summed E-state index contributed by atoms with van der Waals surface area (Å²) in [5, 5.41) is 6.64. The Morgan fingerprint density at radius 3 is 3.00 bits per heavy atom. The molecule has 5 nitrogen and oxygen atoms in total. The highest BCUT2D eigenvalue weighted by atomic mass is 35.5. The van der Waals surface area contributed by atoms with Gasteiger partial charge in [0, 0.05) is 13.1 Å². The van der Waals surface area contributed by atoms with Gasteiger partial charge in [-0.3, -0.25) is 0 Å². The van der Waals surface area contributed by atoms with Gasteiger partial charge in [-0.15, -0.1) is 0 Å². The molecule has 16 heavy (non-hydrogen) atoms. The van der Waals surface area contributed by atoms with E-state index in [1.807, 2.05) is 0 Å². The number of nitrogens with one attached hydrogen (secondary N) is 1. The zero-order chi connectivity index (χ0) is 11.5. The molecule has 0 bridgehead atoms. The molecule has 2 heterocycles. The van der Waals surface area contributed by atoms with Crippen LogP contribution in [-0.2, 0) is 6.54 Å². The van der Waals surface area contributed by atoms with Gasteiger partial charge in [-0.1, -0.05) is 16.8 Å². The molecule has 1 N–H and O–H groups in total. The first-order chi connectivity index (χ1) is 7.65. The van der Waals surface area contributed by atoms with E-state index in [-0.39, 0.29) is 17.4 Å².